The van der Waals surface area contributed by atoms with E-state index < -0.39 is 0 Å². The fourth-order valence-corrected chi connectivity index (χ4v) is 1.35. The normalized spacial score (nSPS) is 23.7. The molecule has 1 saturated heterocycles. The van der Waals surface area contributed by atoms with Crippen molar-refractivity contribution in [3.8, 4) is 0 Å². The molecule has 0 N–H and O–H groups in total. The van der Waals surface area contributed by atoms with E-state index in [0.717, 1.165) is 26.1 Å². The van der Waals surface area contributed by atoms with Crippen LogP contribution in [0.2, 0.25) is 0 Å². The summed E-state index contributed by atoms with van der Waals surface area (Å²) in [7, 11) is 1.37. The van der Waals surface area contributed by atoms with Crippen LogP contribution in [0.5, 0.6) is 0 Å². The minimum Gasteiger partial charge on any atom is -0.487 e. The van der Waals surface area contributed by atoms with E-state index in [-0.39, 0.29) is 12.1 Å². The van der Waals surface area contributed by atoms with Gasteiger partial charge in [-0.1, -0.05) is 0 Å². The van der Waals surface area contributed by atoms with E-state index in [0.29, 0.717) is 0 Å². The lowest BCUT2D eigenvalue weighted by Crippen LogP contribution is -2.25. The molecule has 0 bridgehead atoms. The van der Waals surface area contributed by atoms with Crippen molar-refractivity contribution in [2.45, 2.75) is 31.8 Å². The van der Waals surface area contributed by atoms with Crippen LogP contribution >= 0.6 is 0 Å². The Bertz CT molecular complexity index is 201. The van der Waals surface area contributed by atoms with E-state index >= 15 is 0 Å². The maximum atomic E-state index is 10.8. The highest BCUT2D eigenvalue weighted by molar-refractivity contribution is 5.74. The lowest BCUT2D eigenvalue weighted by molar-refractivity contribution is -0.151. The van der Waals surface area contributed by atoms with E-state index in [2.05, 4.69) is 4.74 Å². The van der Waals surface area contributed by atoms with Crippen molar-refractivity contribution in [1.29, 1.82) is 0 Å². The van der Waals surface area contributed by atoms with Gasteiger partial charge in [-0.2, -0.15) is 0 Å². The average molecular weight is 214 g/mol. The molecule has 0 aromatic rings. The first-order valence-corrected chi connectivity index (χ1v) is 5.30. The van der Waals surface area contributed by atoms with E-state index in [1.54, 1.807) is 6.26 Å². The molecule has 1 unspecified atom stereocenters. The van der Waals surface area contributed by atoms with Crippen LogP contribution in [0.3, 0.4) is 0 Å². The van der Waals surface area contributed by atoms with Crippen molar-refractivity contribution < 1.29 is 19.0 Å². The second-order valence-electron chi connectivity index (χ2n) is 3.42. The van der Waals surface area contributed by atoms with Crippen LogP contribution in [-0.4, -0.2) is 32.4 Å². The fraction of sp³-hybridized carbons (Fsp3) is 0.727. The summed E-state index contributed by atoms with van der Waals surface area (Å²) in [6, 6.07) is 0. The molecule has 0 aromatic heterocycles. The van der Waals surface area contributed by atoms with Crippen molar-refractivity contribution in [3.05, 3.63) is 12.3 Å². The van der Waals surface area contributed by atoms with Crippen molar-refractivity contribution in [3.63, 3.8) is 0 Å². The van der Waals surface area contributed by atoms with Gasteiger partial charge in [-0.05, 0) is 31.8 Å². The van der Waals surface area contributed by atoms with Gasteiger partial charge < -0.3 is 14.2 Å². The molecule has 0 radical (unpaired) electrons. The Morgan fingerprint density at radius 3 is 2.53 bits per heavy atom. The van der Waals surface area contributed by atoms with Gasteiger partial charge in [-0.3, -0.25) is 0 Å². The smallest absolute Gasteiger partial charge is 0.347 e. The zero-order valence-corrected chi connectivity index (χ0v) is 9.11. The van der Waals surface area contributed by atoms with Crippen LogP contribution in [0.4, 0.5) is 0 Å². The van der Waals surface area contributed by atoms with Gasteiger partial charge in [0, 0.05) is 13.2 Å². The Hall–Kier alpha value is -1.03. The van der Waals surface area contributed by atoms with Gasteiger partial charge in [0.25, 0.3) is 0 Å². The second-order valence-corrected chi connectivity index (χ2v) is 3.42. The molecule has 2 aliphatic rings. The molecule has 1 atom stereocenters. The largest absolute Gasteiger partial charge is 0.487 e. The third kappa shape index (κ3) is 4.83. The number of hydrogen-bond donors (Lipinski definition) is 0. The number of carbonyl (C=O) groups excluding carboxylic acids is 1. The van der Waals surface area contributed by atoms with Crippen molar-refractivity contribution in [1.82, 2.24) is 0 Å². The van der Waals surface area contributed by atoms with E-state index in [1.165, 1.54) is 20.0 Å². The molecule has 4 heteroatoms. The van der Waals surface area contributed by atoms with Crippen molar-refractivity contribution in [2.75, 3.05) is 20.3 Å². The Labute approximate surface area is 90.2 Å². The minimum atomic E-state index is -0.380. The summed E-state index contributed by atoms with van der Waals surface area (Å²) in [5, 5.41) is 0. The summed E-state index contributed by atoms with van der Waals surface area (Å²) in [6.07, 6.45) is 7.22. The molecule has 2 rings (SSSR count). The van der Waals surface area contributed by atoms with Gasteiger partial charge in [0.05, 0.1) is 13.4 Å². The molecule has 2 heterocycles. The highest BCUT2D eigenvalue weighted by Crippen LogP contribution is 2.10. The fourth-order valence-electron chi connectivity index (χ4n) is 1.35. The van der Waals surface area contributed by atoms with Gasteiger partial charge in [0.2, 0.25) is 0 Å². The van der Waals surface area contributed by atoms with Crippen molar-refractivity contribution >= 4 is 5.97 Å². The second kappa shape index (κ2) is 7.29. The van der Waals surface area contributed by atoms with Crippen LogP contribution in [0.15, 0.2) is 12.3 Å². The highest BCUT2D eigenvalue weighted by Gasteiger charge is 2.20. The SMILES string of the molecule is C1CCOC1.COC(=O)C1CCC=CO1. The Kier molecular flexibility index (Phi) is 5.85. The lowest BCUT2D eigenvalue weighted by atomic mass is 10.2. The van der Waals surface area contributed by atoms with Crippen molar-refractivity contribution in [2.24, 2.45) is 0 Å². The van der Waals surface area contributed by atoms with Gasteiger partial charge in [0.15, 0.2) is 6.10 Å². The Morgan fingerprint density at radius 1 is 1.40 bits per heavy atom. The highest BCUT2D eigenvalue weighted by atomic mass is 16.6. The molecule has 0 amide bonds. The molecule has 1 fully saturated rings. The third-order valence-corrected chi connectivity index (χ3v) is 2.23. The molecular weight excluding hydrogens is 196 g/mol. The molecule has 0 saturated carbocycles. The molecule has 0 spiro atoms. The third-order valence-electron chi connectivity index (χ3n) is 2.23. The summed E-state index contributed by atoms with van der Waals surface area (Å²) < 4.78 is 14.4. The van der Waals surface area contributed by atoms with Crippen LogP contribution in [-0.2, 0) is 19.0 Å². The number of rotatable bonds is 1. The molecular formula is C11H18O4. The number of methoxy groups -OCH3 is 1. The Balaban J connectivity index is 0.000000187. The quantitative estimate of drug-likeness (QED) is 0.622. The zero-order chi connectivity index (χ0) is 10.9. The number of hydrogen-bond acceptors (Lipinski definition) is 4. The minimum absolute atomic E-state index is 0.288. The van der Waals surface area contributed by atoms with Gasteiger partial charge in [-0.15, -0.1) is 0 Å². The van der Waals surface area contributed by atoms with E-state index in [4.69, 9.17) is 9.47 Å². The average Bonchev–Trinajstić information content (AvgIpc) is 2.88. The standard InChI is InChI=1S/C7H10O3.C4H8O/c1-9-7(8)6-4-2-3-5-10-6;1-2-4-5-3-1/h3,5-6H,2,4H2,1H3;1-4H2. The van der Waals surface area contributed by atoms with Crippen LogP contribution in [0.1, 0.15) is 25.7 Å². The predicted octanol–water partition coefficient (Wildman–Crippen LogP) is 1.65. The van der Waals surface area contributed by atoms with Gasteiger partial charge >= 0.3 is 5.97 Å². The summed E-state index contributed by atoms with van der Waals surface area (Å²) in [5.41, 5.74) is 0. The summed E-state index contributed by atoms with van der Waals surface area (Å²) in [6.45, 7) is 2.00. The molecule has 2 aliphatic heterocycles. The monoisotopic (exact) mass is 214 g/mol. The Morgan fingerprint density at radius 2 is 2.13 bits per heavy atom. The van der Waals surface area contributed by atoms with Gasteiger partial charge in [0.1, 0.15) is 0 Å². The van der Waals surface area contributed by atoms with Crippen LogP contribution in [0, 0.1) is 0 Å². The van der Waals surface area contributed by atoms with E-state index in [1.807, 2.05) is 6.08 Å². The predicted molar refractivity (Wildman–Crippen MR) is 55.3 cm³/mol. The molecule has 0 aliphatic carbocycles. The lowest BCUT2D eigenvalue weighted by Gasteiger charge is -2.15. The number of ether oxygens (including phenoxy) is 3. The summed E-state index contributed by atoms with van der Waals surface area (Å²) in [5.74, 6) is -0.288. The molecule has 4 nitrogen and oxygen atoms in total. The molecule has 86 valence electrons. The summed E-state index contributed by atoms with van der Waals surface area (Å²) in [4.78, 5) is 10.8. The number of allylic oxidation sites excluding steroid dienone is 1. The maximum Gasteiger partial charge on any atom is 0.347 e. The van der Waals surface area contributed by atoms with Crippen LogP contribution in [0.25, 0.3) is 0 Å². The first-order chi connectivity index (χ1) is 7.34. The van der Waals surface area contributed by atoms with E-state index in [9.17, 15) is 4.79 Å². The topological polar surface area (TPSA) is 44.8 Å². The van der Waals surface area contributed by atoms with Crippen LogP contribution < -0.4 is 0 Å². The first-order valence-electron chi connectivity index (χ1n) is 5.30. The maximum absolute atomic E-state index is 10.8. The molecule has 0 aromatic carbocycles. The number of carbonyl (C=O) groups is 1. The number of esters is 1. The summed E-state index contributed by atoms with van der Waals surface area (Å²) >= 11 is 0. The first kappa shape index (κ1) is 12.0. The zero-order valence-electron chi connectivity index (χ0n) is 9.11. The molecule has 15 heavy (non-hydrogen) atoms. The van der Waals surface area contributed by atoms with Gasteiger partial charge in [-0.25, -0.2) is 4.79 Å².